The molecular weight excluding hydrogens is 316 g/mol. The number of ether oxygens (including phenoxy) is 1. The van der Waals surface area contributed by atoms with E-state index in [1.165, 1.54) is 6.42 Å². The van der Waals surface area contributed by atoms with Crippen molar-refractivity contribution < 1.29 is 9.53 Å². The van der Waals surface area contributed by atoms with E-state index in [1.54, 1.807) is 13.3 Å². The summed E-state index contributed by atoms with van der Waals surface area (Å²) >= 11 is 0. The maximum Gasteiger partial charge on any atom is 0.227 e. The number of anilines is 3. The number of carbonyl (C=O) groups is 1. The topological polar surface area (TPSA) is 76.1 Å². The highest BCUT2D eigenvalue weighted by Gasteiger charge is 2.22. The second kappa shape index (κ2) is 7.96. The van der Waals surface area contributed by atoms with Crippen molar-refractivity contribution in [3.8, 4) is 5.75 Å². The third-order valence-corrected chi connectivity index (χ3v) is 4.48. The molecule has 2 N–H and O–H groups in total. The number of aromatic nitrogens is 2. The molecular formula is C19H24N4O2. The summed E-state index contributed by atoms with van der Waals surface area (Å²) in [6.07, 6.45) is 7.11. The number of nitrogens with one attached hydrogen (secondary N) is 2. The summed E-state index contributed by atoms with van der Waals surface area (Å²) in [6, 6.07) is 7.40. The van der Waals surface area contributed by atoms with Crippen LogP contribution in [0, 0.1) is 12.8 Å². The Morgan fingerprint density at radius 2 is 2.00 bits per heavy atom. The molecule has 1 aliphatic carbocycles. The van der Waals surface area contributed by atoms with Crippen molar-refractivity contribution in [3.63, 3.8) is 0 Å². The van der Waals surface area contributed by atoms with Crippen LogP contribution in [0.4, 0.5) is 17.3 Å². The van der Waals surface area contributed by atoms with E-state index in [0.717, 1.165) is 37.1 Å². The van der Waals surface area contributed by atoms with Crippen molar-refractivity contribution >= 4 is 23.2 Å². The van der Waals surface area contributed by atoms with Crippen LogP contribution in [0.25, 0.3) is 0 Å². The molecule has 1 aromatic heterocycles. The molecule has 0 radical (unpaired) electrons. The SMILES string of the molecule is COc1ccc(Nc2nccc(C)n2)cc1NC(=O)C1CCCCC1. The number of hydrogen-bond acceptors (Lipinski definition) is 5. The number of aryl methyl sites for hydroxylation is 1. The summed E-state index contributed by atoms with van der Waals surface area (Å²) in [5.41, 5.74) is 2.35. The molecule has 1 amide bonds. The van der Waals surface area contributed by atoms with E-state index >= 15 is 0 Å². The molecule has 2 aromatic rings. The zero-order valence-corrected chi connectivity index (χ0v) is 14.7. The highest BCUT2D eigenvalue weighted by atomic mass is 16.5. The van der Waals surface area contributed by atoms with E-state index in [4.69, 9.17) is 4.74 Å². The van der Waals surface area contributed by atoms with Gasteiger partial charge < -0.3 is 15.4 Å². The average Bonchev–Trinajstić information content (AvgIpc) is 2.63. The zero-order chi connectivity index (χ0) is 17.6. The molecule has 3 rings (SSSR count). The van der Waals surface area contributed by atoms with Gasteiger partial charge in [0, 0.05) is 23.5 Å². The van der Waals surface area contributed by atoms with Crippen LogP contribution >= 0.6 is 0 Å². The van der Waals surface area contributed by atoms with Gasteiger partial charge >= 0.3 is 0 Å². The molecule has 1 aromatic carbocycles. The molecule has 1 aliphatic rings. The largest absolute Gasteiger partial charge is 0.495 e. The molecule has 1 saturated carbocycles. The normalized spacial score (nSPS) is 14.8. The maximum absolute atomic E-state index is 12.5. The number of amides is 1. The second-order valence-corrected chi connectivity index (χ2v) is 6.39. The fraction of sp³-hybridized carbons (Fsp3) is 0.421. The molecule has 0 atom stereocenters. The lowest BCUT2D eigenvalue weighted by Crippen LogP contribution is -2.25. The Balaban J connectivity index is 1.76. The fourth-order valence-corrected chi connectivity index (χ4v) is 3.12. The Morgan fingerprint density at radius 1 is 1.20 bits per heavy atom. The molecule has 6 nitrogen and oxygen atoms in total. The molecule has 0 unspecified atom stereocenters. The highest BCUT2D eigenvalue weighted by molar-refractivity contribution is 5.94. The smallest absolute Gasteiger partial charge is 0.227 e. The predicted octanol–water partition coefficient (Wildman–Crippen LogP) is 4.06. The van der Waals surface area contributed by atoms with Gasteiger partial charge in [0.05, 0.1) is 12.8 Å². The van der Waals surface area contributed by atoms with Crippen LogP contribution in [-0.2, 0) is 4.79 Å². The van der Waals surface area contributed by atoms with Crippen molar-refractivity contribution in [2.45, 2.75) is 39.0 Å². The lowest BCUT2D eigenvalue weighted by molar-refractivity contribution is -0.120. The van der Waals surface area contributed by atoms with Gasteiger partial charge in [0.15, 0.2) is 0 Å². The van der Waals surface area contributed by atoms with E-state index in [1.807, 2.05) is 31.2 Å². The summed E-state index contributed by atoms with van der Waals surface area (Å²) in [7, 11) is 1.60. The van der Waals surface area contributed by atoms with Crippen molar-refractivity contribution in [1.82, 2.24) is 9.97 Å². The maximum atomic E-state index is 12.5. The quantitative estimate of drug-likeness (QED) is 0.858. The van der Waals surface area contributed by atoms with Crippen LogP contribution in [0.3, 0.4) is 0 Å². The fourth-order valence-electron chi connectivity index (χ4n) is 3.12. The Kier molecular flexibility index (Phi) is 5.48. The van der Waals surface area contributed by atoms with Crippen LogP contribution in [0.1, 0.15) is 37.8 Å². The van der Waals surface area contributed by atoms with Gasteiger partial charge in [-0.1, -0.05) is 19.3 Å². The molecule has 132 valence electrons. The van der Waals surface area contributed by atoms with Gasteiger partial charge in [-0.25, -0.2) is 9.97 Å². The number of carbonyl (C=O) groups excluding carboxylic acids is 1. The first-order valence-electron chi connectivity index (χ1n) is 8.71. The molecule has 25 heavy (non-hydrogen) atoms. The number of benzene rings is 1. The Morgan fingerprint density at radius 3 is 2.72 bits per heavy atom. The van der Waals surface area contributed by atoms with Gasteiger partial charge in [-0.2, -0.15) is 0 Å². The average molecular weight is 340 g/mol. The first-order valence-corrected chi connectivity index (χ1v) is 8.71. The van der Waals surface area contributed by atoms with Gasteiger partial charge in [-0.15, -0.1) is 0 Å². The third kappa shape index (κ3) is 4.47. The minimum Gasteiger partial charge on any atom is -0.495 e. The standard InChI is InChI=1S/C19H24N4O2/c1-13-10-11-20-19(21-13)22-15-8-9-17(25-2)16(12-15)23-18(24)14-6-4-3-5-7-14/h8-12,14H,3-7H2,1-2H3,(H,23,24)(H,20,21,22). The lowest BCUT2D eigenvalue weighted by atomic mass is 9.88. The molecule has 1 fully saturated rings. The van der Waals surface area contributed by atoms with E-state index in [-0.39, 0.29) is 11.8 Å². The minimum atomic E-state index is 0.0713. The number of methoxy groups -OCH3 is 1. The van der Waals surface area contributed by atoms with Gasteiger partial charge in [0.2, 0.25) is 11.9 Å². The minimum absolute atomic E-state index is 0.0713. The van der Waals surface area contributed by atoms with Crippen LogP contribution in [0.5, 0.6) is 5.75 Å². The Labute approximate surface area is 148 Å². The first-order chi connectivity index (χ1) is 12.2. The van der Waals surface area contributed by atoms with Crippen molar-refractivity contribution in [2.24, 2.45) is 5.92 Å². The zero-order valence-electron chi connectivity index (χ0n) is 14.7. The van der Waals surface area contributed by atoms with E-state index < -0.39 is 0 Å². The highest BCUT2D eigenvalue weighted by Crippen LogP contribution is 2.31. The molecule has 1 heterocycles. The van der Waals surface area contributed by atoms with Gasteiger partial charge in [-0.3, -0.25) is 4.79 Å². The second-order valence-electron chi connectivity index (χ2n) is 6.39. The van der Waals surface area contributed by atoms with E-state index in [0.29, 0.717) is 17.4 Å². The van der Waals surface area contributed by atoms with Crippen LogP contribution in [0.2, 0.25) is 0 Å². The summed E-state index contributed by atoms with van der Waals surface area (Å²) in [5, 5.41) is 6.18. The number of nitrogens with zero attached hydrogens (tertiary/aromatic N) is 2. The van der Waals surface area contributed by atoms with E-state index in [9.17, 15) is 4.79 Å². The van der Waals surface area contributed by atoms with Gasteiger partial charge in [-0.05, 0) is 44.0 Å². The predicted molar refractivity (Wildman–Crippen MR) is 98.3 cm³/mol. The molecule has 0 spiro atoms. The first kappa shape index (κ1) is 17.2. The van der Waals surface area contributed by atoms with Crippen LogP contribution in [0.15, 0.2) is 30.5 Å². The van der Waals surface area contributed by atoms with Crippen molar-refractivity contribution in [2.75, 3.05) is 17.7 Å². The monoisotopic (exact) mass is 340 g/mol. The van der Waals surface area contributed by atoms with Gasteiger partial charge in [0.1, 0.15) is 5.75 Å². The third-order valence-electron chi connectivity index (χ3n) is 4.48. The molecule has 0 saturated heterocycles. The van der Waals surface area contributed by atoms with Crippen molar-refractivity contribution in [1.29, 1.82) is 0 Å². The number of rotatable bonds is 5. The van der Waals surface area contributed by atoms with Gasteiger partial charge in [0.25, 0.3) is 0 Å². The van der Waals surface area contributed by atoms with Crippen LogP contribution < -0.4 is 15.4 Å². The summed E-state index contributed by atoms with van der Waals surface area (Å²) in [5.74, 6) is 1.33. The Hall–Kier alpha value is -2.63. The van der Waals surface area contributed by atoms with Crippen LogP contribution in [-0.4, -0.2) is 23.0 Å². The summed E-state index contributed by atoms with van der Waals surface area (Å²) in [6.45, 7) is 1.91. The molecule has 6 heteroatoms. The Bertz CT molecular complexity index is 742. The van der Waals surface area contributed by atoms with E-state index in [2.05, 4.69) is 20.6 Å². The summed E-state index contributed by atoms with van der Waals surface area (Å²) < 4.78 is 5.38. The number of hydrogen-bond donors (Lipinski definition) is 2. The molecule has 0 aliphatic heterocycles. The lowest BCUT2D eigenvalue weighted by Gasteiger charge is -2.21. The molecule has 0 bridgehead atoms. The van der Waals surface area contributed by atoms with Crippen molar-refractivity contribution in [3.05, 3.63) is 36.2 Å². The summed E-state index contributed by atoms with van der Waals surface area (Å²) in [4.78, 5) is 21.1.